The van der Waals surface area contributed by atoms with E-state index in [4.69, 9.17) is 28.5 Å². The Kier molecular flexibility index (Phi) is 5.60. The average Bonchev–Trinajstić information content (AvgIpc) is 2.56. The number of nitrogens with one attached hydrogen (secondary N) is 2. The van der Waals surface area contributed by atoms with Gasteiger partial charge in [0.15, 0.2) is 0 Å². The third-order valence-electron chi connectivity index (χ3n) is 2.84. The number of nitrogen functional groups attached to an aromatic ring is 1. The van der Waals surface area contributed by atoms with Crippen molar-refractivity contribution in [3.05, 3.63) is 41.7 Å². The number of carbonyl (C=O) groups is 1. The molecule has 1 aromatic heterocycles. The third kappa shape index (κ3) is 4.15. The molecule has 24 heavy (non-hydrogen) atoms. The van der Waals surface area contributed by atoms with Crippen LogP contribution in [0.5, 0.6) is 11.6 Å². The van der Waals surface area contributed by atoms with Crippen molar-refractivity contribution in [2.45, 2.75) is 0 Å². The van der Waals surface area contributed by atoms with Gasteiger partial charge in [-0.25, -0.2) is 14.8 Å². The smallest absolute Gasteiger partial charge is 0.320 e. The monoisotopic (exact) mass is 343 g/mol. The molecule has 0 unspecified atom stereocenters. The zero-order valence-electron chi connectivity index (χ0n) is 12.5. The van der Waals surface area contributed by atoms with Crippen LogP contribution in [0.2, 0.25) is 5.02 Å². The number of terminal acetylenes is 1. The van der Waals surface area contributed by atoms with Crippen molar-refractivity contribution in [1.29, 1.82) is 0 Å². The highest BCUT2D eigenvalue weighted by molar-refractivity contribution is 6.33. The van der Waals surface area contributed by atoms with Gasteiger partial charge in [-0.05, 0) is 12.1 Å². The van der Waals surface area contributed by atoms with Crippen LogP contribution in [-0.2, 0) is 0 Å². The number of amides is 2. The molecule has 0 fully saturated rings. The number of hydrogen-bond acceptors (Lipinski definition) is 5. The van der Waals surface area contributed by atoms with Crippen LogP contribution in [0.3, 0.4) is 0 Å². The Bertz CT molecular complexity index is 817. The number of carbonyl (C=O) groups excluding carboxylic acids is 1. The van der Waals surface area contributed by atoms with Gasteiger partial charge in [0, 0.05) is 6.07 Å². The van der Waals surface area contributed by atoms with E-state index in [0.717, 1.165) is 0 Å². The molecule has 0 saturated heterocycles. The Morgan fingerprint density at radius 3 is 2.96 bits per heavy atom. The quantitative estimate of drug-likeness (QED) is 0.724. The van der Waals surface area contributed by atoms with Crippen molar-refractivity contribution in [2.75, 3.05) is 17.6 Å². The van der Waals surface area contributed by atoms with Gasteiger partial charge in [-0.15, -0.1) is 6.42 Å². The summed E-state index contributed by atoms with van der Waals surface area (Å²) in [5.41, 5.74) is 6.62. The van der Waals surface area contributed by atoms with Gasteiger partial charge in [0.1, 0.15) is 17.9 Å². The Morgan fingerprint density at radius 2 is 2.29 bits per heavy atom. The molecule has 0 spiro atoms. The second kappa shape index (κ2) is 7.85. The minimum Gasteiger partial charge on any atom is -0.438 e. The minimum atomic E-state index is -0.457. The molecular weight excluding hydrogens is 330 g/mol. The average molecular weight is 344 g/mol. The number of urea groups is 1. The molecule has 0 aliphatic carbocycles. The lowest BCUT2D eigenvalue weighted by molar-refractivity contribution is 0.253. The summed E-state index contributed by atoms with van der Waals surface area (Å²) in [5, 5.41) is 5.32. The molecule has 4 N–H and O–H groups in total. The summed E-state index contributed by atoms with van der Waals surface area (Å²) in [5.74, 6) is 3.21. The highest BCUT2D eigenvalue weighted by atomic mass is 35.5. The molecule has 122 valence electrons. The molecular formula is C16H14ClN5O2. The first kappa shape index (κ1) is 17.1. The first-order valence-electron chi connectivity index (χ1n) is 6.73. The molecule has 7 nitrogen and oxygen atoms in total. The molecule has 2 amide bonds. The Morgan fingerprint density at radius 1 is 1.50 bits per heavy atom. The van der Waals surface area contributed by atoms with E-state index in [1.807, 2.05) is 0 Å². The predicted octanol–water partition coefficient (Wildman–Crippen LogP) is 2.90. The fourth-order valence-electron chi connectivity index (χ4n) is 1.74. The van der Waals surface area contributed by atoms with Gasteiger partial charge in [0.2, 0.25) is 5.88 Å². The maximum atomic E-state index is 11.6. The number of anilines is 2. The summed E-state index contributed by atoms with van der Waals surface area (Å²) in [6.07, 6.45) is 7.85. The highest BCUT2D eigenvalue weighted by Gasteiger charge is 2.11. The third-order valence-corrected chi connectivity index (χ3v) is 3.15. The largest absolute Gasteiger partial charge is 0.438 e. The lowest BCUT2D eigenvalue weighted by Crippen LogP contribution is -2.28. The summed E-state index contributed by atoms with van der Waals surface area (Å²) >= 11 is 6.14. The van der Waals surface area contributed by atoms with Crippen molar-refractivity contribution in [2.24, 2.45) is 0 Å². The van der Waals surface area contributed by atoms with Crippen molar-refractivity contribution >= 4 is 35.2 Å². The van der Waals surface area contributed by atoms with Gasteiger partial charge in [-0.1, -0.05) is 30.2 Å². The molecule has 0 saturated carbocycles. The Balaban J connectivity index is 2.16. The molecule has 2 aromatic rings. The van der Waals surface area contributed by atoms with Gasteiger partial charge in [0.05, 0.1) is 22.8 Å². The summed E-state index contributed by atoms with van der Waals surface area (Å²) in [6, 6.07) is 4.28. The number of halogens is 1. The van der Waals surface area contributed by atoms with Gasteiger partial charge < -0.3 is 21.1 Å². The second-order valence-corrected chi connectivity index (χ2v) is 4.84. The van der Waals surface area contributed by atoms with Crippen LogP contribution in [0.4, 0.5) is 16.3 Å². The summed E-state index contributed by atoms with van der Waals surface area (Å²) < 4.78 is 5.65. The lowest BCUT2D eigenvalue weighted by atomic mass is 10.3. The number of nitrogens with zero attached hydrogens (tertiary/aromatic N) is 2. The molecule has 0 aliphatic heterocycles. The summed E-state index contributed by atoms with van der Waals surface area (Å²) in [7, 11) is 0. The fourth-order valence-corrected chi connectivity index (χ4v) is 1.95. The van der Waals surface area contributed by atoms with Gasteiger partial charge in [-0.3, -0.25) is 0 Å². The van der Waals surface area contributed by atoms with Crippen molar-refractivity contribution in [3.63, 3.8) is 0 Å². The zero-order chi connectivity index (χ0) is 17.5. The van der Waals surface area contributed by atoms with Crippen molar-refractivity contribution in [1.82, 2.24) is 15.3 Å². The van der Waals surface area contributed by atoms with Crippen LogP contribution in [-0.4, -0.2) is 22.5 Å². The van der Waals surface area contributed by atoms with Crippen molar-refractivity contribution < 1.29 is 9.53 Å². The standard InChI is InChI=1S/C16H14ClN5O2/c1-3-7-19-16(23)22-13-6-5-10(8-12(13)17)24-15-11(4-2)14(18)20-9-21-15/h1,4-6,8-9H,2,7H2,(H2,18,20,21)(H2,19,22,23). The first-order valence-corrected chi connectivity index (χ1v) is 7.11. The predicted molar refractivity (Wildman–Crippen MR) is 93.9 cm³/mol. The molecule has 8 heteroatoms. The number of aromatic nitrogens is 2. The minimum absolute atomic E-state index is 0.115. The molecule has 1 heterocycles. The van der Waals surface area contributed by atoms with Crippen LogP contribution >= 0.6 is 11.6 Å². The van der Waals surface area contributed by atoms with E-state index in [1.165, 1.54) is 18.5 Å². The van der Waals surface area contributed by atoms with E-state index in [2.05, 4.69) is 33.1 Å². The van der Waals surface area contributed by atoms with E-state index in [1.54, 1.807) is 12.1 Å². The first-order chi connectivity index (χ1) is 11.5. The fraction of sp³-hybridized carbons (Fsp3) is 0.0625. The number of hydrogen-bond donors (Lipinski definition) is 3. The van der Waals surface area contributed by atoms with Gasteiger partial charge in [-0.2, -0.15) is 0 Å². The number of nitrogens with two attached hydrogens (primary N) is 1. The maximum absolute atomic E-state index is 11.6. The van der Waals surface area contributed by atoms with Crippen molar-refractivity contribution in [3.8, 4) is 24.0 Å². The number of ether oxygens (including phenoxy) is 1. The Labute approximate surface area is 143 Å². The highest BCUT2D eigenvalue weighted by Crippen LogP contribution is 2.31. The molecule has 0 radical (unpaired) electrons. The molecule has 2 rings (SSSR count). The Hall–Kier alpha value is -3.24. The number of rotatable bonds is 5. The number of benzene rings is 1. The van der Waals surface area contributed by atoms with Crippen LogP contribution < -0.4 is 21.1 Å². The SMILES string of the molecule is C#CCNC(=O)Nc1ccc(Oc2ncnc(N)c2C=C)cc1Cl. The van der Waals surface area contributed by atoms with E-state index in [0.29, 0.717) is 17.0 Å². The van der Waals surface area contributed by atoms with E-state index in [9.17, 15) is 4.79 Å². The van der Waals surface area contributed by atoms with E-state index in [-0.39, 0.29) is 23.3 Å². The van der Waals surface area contributed by atoms with E-state index < -0.39 is 6.03 Å². The molecule has 1 aromatic carbocycles. The van der Waals surface area contributed by atoms with E-state index >= 15 is 0 Å². The molecule has 0 aliphatic rings. The second-order valence-electron chi connectivity index (χ2n) is 4.44. The van der Waals surface area contributed by atoms with Gasteiger partial charge >= 0.3 is 6.03 Å². The van der Waals surface area contributed by atoms with Crippen LogP contribution in [0.25, 0.3) is 6.08 Å². The van der Waals surface area contributed by atoms with Crippen LogP contribution in [0, 0.1) is 12.3 Å². The van der Waals surface area contributed by atoms with Crippen LogP contribution in [0.15, 0.2) is 31.1 Å². The normalized spacial score (nSPS) is 9.67. The molecule has 0 atom stereocenters. The topological polar surface area (TPSA) is 102 Å². The summed E-state index contributed by atoms with van der Waals surface area (Å²) in [4.78, 5) is 19.4. The van der Waals surface area contributed by atoms with Gasteiger partial charge in [0.25, 0.3) is 0 Å². The molecule has 0 bridgehead atoms. The lowest BCUT2D eigenvalue weighted by Gasteiger charge is -2.11. The summed E-state index contributed by atoms with van der Waals surface area (Å²) in [6.45, 7) is 3.76. The van der Waals surface area contributed by atoms with Crippen LogP contribution in [0.1, 0.15) is 5.56 Å². The maximum Gasteiger partial charge on any atom is 0.320 e. The zero-order valence-corrected chi connectivity index (χ0v) is 13.3.